The predicted molar refractivity (Wildman–Crippen MR) is 493 cm³/mol. The molecule has 0 atom stereocenters. The zero-order chi connectivity index (χ0) is 89.2. The number of hydrogen-bond donors (Lipinski definition) is 11. The van der Waals surface area contributed by atoms with Gasteiger partial charge in [-0.05, 0) is 159 Å². The fourth-order valence-electron chi connectivity index (χ4n) is 13.8. The lowest BCUT2D eigenvalue weighted by Gasteiger charge is -2.13. The Bertz CT molecular complexity index is 6010. The number of urea groups is 1. The molecule has 6 heterocycles. The van der Waals surface area contributed by atoms with Gasteiger partial charge < -0.3 is 46.1 Å². The van der Waals surface area contributed by atoms with E-state index < -0.39 is 20.0 Å². The minimum absolute atomic E-state index is 0.0307. The number of rotatable bonds is 34. The van der Waals surface area contributed by atoms with Crippen LogP contribution >= 0.6 is 11.6 Å². The molecule has 6 aromatic heterocycles. The van der Waals surface area contributed by atoms with Gasteiger partial charge in [-0.2, -0.15) is 5.10 Å². The van der Waals surface area contributed by atoms with Gasteiger partial charge >= 0.3 is 12.0 Å². The van der Waals surface area contributed by atoms with E-state index in [0.717, 1.165) is 82.5 Å². The molecule has 124 heavy (non-hydrogen) atoms. The monoisotopic (exact) mass is 1740 g/mol. The summed E-state index contributed by atoms with van der Waals surface area (Å²) < 4.78 is 63.4. The van der Waals surface area contributed by atoms with Crippen molar-refractivity contribution >= 4 is 83.9 Å². The second kappa shape index (κ2) is 44.4. The number of phenolic OH excluding ortho intramolecular Hbond substituents is 1. The van der Waals surface area contributed by atoms with Crippen molar-refractivity contribution in [2.24, 2.45) is 0 Å². The maximum absolute atomic E-state index is 13.0. The summed E-state index contributed by atoms with van der Waals surface area (Å²) in [7, 11) is -5.59. The van der Waals surface area contributed by atoms with E-state index in [-0.39, 0.29) is 34.5 Å². The van der Waals surface area contributed by atoms with Crippen LogP contribution in [-0.4, -0.2) is 131 Å². The molecule has 11 N–H and O–H groups in total. The van der Waals surface area contributed by atoms with Gasteiger partial charge in [-0.1, -0.05) is 199 Å². The van der Waals surface area contributed by atoms with Gasteiger partial charge in [0.2, 0.25) is 21.9 Å². The number of benzene rings is 7. The third-order valence-corrected chi connectivity index (χ3v) is 22.4. The van der Waals surface area contributed by atoms with Gasteiger partial charge in [0, 0.05) is 81.8 Å². The smallest absolute Gasteiger partial charge is 0.338 e. The summed E-state index contributed by atoms with van der Waals surface area (Å²) in [5.74, 6) is 2.41. The SMILES string of the molecule is CCCCCCCCCCNC(=O)c1[nH]c(C)nc1-c1ccc(NC(=O)NC)cc1.CCCCCCCCCCOC(=O)c1ccc(-c2nc(C)c3nc(-c4cc(NC(C)=O)ccc4O)[nH]n23)cc1.Cc1[nH]c(-c2ccccc2)nc1-c1cc(Cl)ccc1NS(C)(=O)=O.Cc1ccc(S(=O)(=O)Nc2ccc(C)cc2-c2nc(-n3nc(C)cc3C)[nH]c2C)cc1. The maximum atomic E-state index is 13.0. The molecule has 31 heteroatoms. The summed E-state index contributed by atoms with van der Waals surface area (Å²) in [5, 5.41) is 29.6. The molecule has 0 bridgehead atoms. The number of H-pyrrole nitrogens is 4. The largest absolute Gasteiger partial charge is 0.507 e. The quantitative estimate of drug-likeness (QED) is 0.0101. The van der Waals surface area contributed by atoms with E-state index in [0.29, 0.717) is 127 Å². The number of ether oxygens (including phenoxy) is 1. The molecule has 0 spiro atoms. The van der Waals surface area contributed by atoms with Crippen LogP contribution in [0.25, 0.3) is 79.5 Å². The Morgan fingerprint density at radius 3 is 1.77 bits per heavy atom. The van der Waals surface area contributed by atoms with Crippen molar-refractivity contribution in [3.8, 4) is 79.6 Å². The number of fused-ring (bicyclic) bond motifs is 1. The summed E-state index contributed by atoms with van der Waals surface area (Å²) in [4.78, 5) is 81.0. The molecule has 0 radical (unpaired) electrons. The number of amides is 4. The first-order valence-electron chi connectivity index (χ1n) is 41.9. The average molecular weight is 1740 g/mol. The Balaban J connectivity index is 0.000000175. The number of aromatic hydroxyl groups is 1. The molecule has 4 amide bonds. The van der Waals surface area contributed by atoms with E-state index in [2.05, 4.69) is 89.6 Å². The number of carbonyl (C=O) groups is 4. The van der Waals surface area contributed by atoms with Crippen LogP contribution in [0.15, 0.2) is 169 Å². The highest BCUT2D eigenvalue weighted by Crippen LogP contribution is 2.37. The Morgan fingerprint density at radius 2 is 1.14 bits per heavy atom. The lowest BCUT2D eigenvalue weighted by atomic mass is 10.1. The van der Waals surface area contributed by atoms with E-state index >= 15 is 0 Å². The molecule has 0 fully saturated rings. The third-order valence-electron chi connectivity index (χ3n) is 20.2. The van der Waals surface area contributed by atoms with E-state index in [9.17, 15) is 41.1 Å². The standard InChI is InChI=1S/C30H37N5O4.C23H25N5O2S.C23H35N5O2.C17H16ClN3O2S/c1-4-5-6-7-8-9-10-11-18-39-30(38)23-14-12-22(13-15-23)29-31-20(2)28-33-27(34-35(28)29)25-19-24(32-21(3)36)16-17-26(25)37;1-14-6-9-19(10-7-14)31(29,30)27-21-11-8-15(2)12-20(21)22-18(5)24-23(25-22)28-17(4)13-16(3)26-28;1-4-5-6-7-8-9-10-11-16-25-22(29)21-20(26-17(2)27-21)18-12-14-19(15-13-18)28-23(30)24-3;1-11-16(20-17(19-11)12-6-4-3-5-7-12)14-10-13(18)8-9-15(14)21-24(2,22)23/h12-17,19,37H,4-11,18H2,1-3H3,(H,32,36)(H,33,34);6-13,27H,1-5H3,(H,24,25);12-15H,4-11,16H2,1-3H3,(H,25,29)(H,26,27)(H2,24,28,30);3-10,21H,1-2H3,(H,19,20). The molecule has 0 saturated heterocycles. The highest BCUT2D eigenvalue weighted by Gasteiger charge is 2.25. The van der Waals surface area contributed by atoms with E-state index in [1.54, 1.807) is 101 Å². The Hall–Kier alpha value is -12.7. The van der Waals surface area contributed by atoms with Gasteiger partial charge in [0.1, 0.15) is 28.8 Å². The van der Waals surface area contributed by atoms with Gasteiger partial charge in [0.15, 0.2) is 17.3 Å². The number of imidazole rings is 4. The number of nitrogens with one attached hydrogen (secondary N) is 10. The molecule has 0 saturated carbocycles. The number of anilines is 4. The highest BCUT2D eigenvalue weighted by molar-refractivity contribution is 7.92. The van der Waals surface area contributed by atoms with Crippen molar-refractivity contribution in [1.29, 1.82) is 0 Å². The zero-order valence-corrected chi connectivity index (χ0v) is 75.1. The van der Waals surface area contributed by atoms with Crippen LogP contribution in [0.3, 0.4) is 0 Å². The molecule has 0 aliphatic heterocycles. The normalized spacial score (nSPS) is 11.2. The van der Waals surface area contributed by atoms with Crippen LogP contribution in [0.4, 0.5) is 27.5 Å². The topological polar surface area (TPSA) is 388 Å². The summed E-state index contributed by atoms with van der Waals surface area (Å²) in [6, 6.07) is 47.9. The predicted octanol–water partition coefficient (Wildman–Crippen LogP) is 20.4. The Labute approximate surface area is 730 Å². The summed E-state index contributed by atoms with van der Waals surface area (Å²) in [5.41, 5.74) is 16.2. The third kappa shape index (κ3) is 26.4. The summed E-state index contributed by atoms with van der Waals surface area (Å²) >= 11 is 6.10. The number of aromatic nitrogens is 12. The van der Waals surface area contributed by atoms with Crippen LogP contribution in [0.1, 0.15) is 190 Å². The van der Waals surface area contributed by atoms with Crippen molar-refractivity contribution in [3.05, 3.63) is 225 Å². The number of nitrogens with zero attached hydrogens (tertiary/aromatic N) is 8. The molecule has 28 nitrogen and oxygen atoms in total. The van der Waals surface area contributed by atoms with Crippen LogP contribution in [-0.2, 0) is 29.6 Å². The Morgan fingerprint density at radius 1 is 0.540 bits per heavy atom. The maximum Gasteiger partial charge on any atom is 0.338 e. The van der Waals surface area contributed by atoms with E-state index in [1.165, 1.54) is 90.0 Å². The van der Waals surface area contributed by atoms with E-state index in [4.69, 9.17) is 21.3 Å². The lowest BCUT2D eigenvalue weighted by Crippen LogP contribution is -2.25. The average Bonchev–Trinajstić information content (AvgIpc) is 1.61. The first-order valence-corrected chi connectivity index (χ1v) is 45.6. The molecule has 0 aliphatic carbocycles. The van der Waals surface area contributed by atoms with Gasteiger partial charge in [-0.15, -0.1) is 0 Å². The number of aromatic amines is 4. The minimum Gasteiger partial charge on any atom is -0.507 e. The fraction of sp³-hybridized carbons (Fsp3) is 0.333. The van der Waals surface area contributed by atoms with Crippen molar-refractivity contribution < 1.29 is 45.9 Å². The van der Waals surface area contributed by atoms with Gasteiger partial charge in [-0.25, -0.2) is 60.5 Å². The molecule has 7 aromatic carbocycles. The second-order valence-electron chi connectivity index (χ2n) is 30.7. The number of aryl methyl sites for hydroxylation is 8. The van der Waals surface area contributed by atoms with Crippen LogP contribution in [0.2, 0.25) is 5.02 Å². The van der Waals surface area contributed by atoms with Crippen molar-refractivity contribution in [1.82, 2.24) is 69.9 Å². The molecule has 654 valence electrons. The summed E-state index contributed by atoms with van der Waals surface area (Å²) in [6.45, 7) is 22.2. The number of esters is 1. The Kier molecular flexibility index (Phi) is 33.5. The number of carbonyl (C=O) groups excluding carboxylic acids is 4. The van der Waals surface area contributed by atoms with Gasteiger partial charge in [0.25, 0.3) is 15.9 Å². The summed E-state index contributed by atoms with van der Waals surface area (Å²) in [6.07, 6.45) is 20.6. The van der Waals surface area contributed by atoms with E-state index in [1.807, 2.05) is 128 Å². The second-order valence-corrected chi connectivity index (χ2v) is 34.6. The van der Waals surface area contributed by atoms with Gasteiger partial charge in [0.05, 0.1) is 63.0 Å². The van der Waals surface area contributed by atoms with Crippen LogP contribution in [0, 0.1) is 55.4 Å². The number of phenols is 1. The molecular formula is C93H113ClN18O10S2. The molecule has 0 unspecified atom stereocenters. The fourth-order valence-corrected chi connectivity index (χ4v) is 15.7. The van der Waals surface area contributed by atoms with Crippen LogP contribution < -0.4 is 30.7 Å². The minimum atomic E-state index is -3.74. The van der Waals surface area contributed by atoms with Crippen molar-refractivity contribution in [2.75, 3.05) is 46.5 Å². The number of sulfonamides is 2. The van der Waals surface area contributed by atoms with Crippen LogP contribution in [0.5, 0.6) is 5.75 Å². The number of unbranched alkanes of at least 4 members (excludes halogenated alkanes) is 14. The zero-order valence-electron chi connectivity index (χ0n) is 72.7. The first kappa shape index (κ1) is 93.6. The van der Waals surface area contributed by atoms with Gasteiger partial charge in [-0.3, -0.25) is 24.1 Å². The highest BCUT2D eigenvalue weighted by atomic mass is 35.5. The lowest BCUT2D eigenvalue weighted by molar-refractivity contribution is -0.114. The van der Waals surface area contributed by atoms with Crippen molar-refractivity contribution in [2.45, 2.75) is 184 Å². The molecule has 13 aromatic rings. The molecule has 13 rings (SSSR count). The molecular weight excluding hydrogens is 1630 g/mol. The first-order chi connectivity index (χ1) is 59.4. The number of halogens is 1. The van der Waals surface area contributed by atoms with Crippen molar-refractivity contribution in [3.63, 3.8) is 0 Å². The number of hydrogen-bond acceptors (Lipinski definition) is 16. The molecule has 0 aliphatic rings.